The highest BCUT2D eigenvalue weighted by atomic mass is 79.9. The van der Waals surface area contributed by atoms with Gasteiger partial charge >= 0.3 is 0 Å². The zero-order chi connectivity index (χ0) is 14.0. The highest BCUT2D eigenvalue weighted by Crippen LogP contribution is 2.26. The second-order valence-electron chi connectivity index (χ2n) is 4.03. The van der Waals surface area contributed by atoms with Crippen LogP contribution in [0.4, 0.5) is 5.69 Å². The molecule has 19 heavy (non-hydrogen) atoms. The molecule has 0 aromatic heterocycles. The minimum Gasteiger partial charge on any atom is -0.507 e. The molecule has 0 spiro atoms. The summed E-state index contributed by atoms with van der Waals surface area (Å²) < 4.78 is 27.7. The lowest BCUT2D eigenvalue weighted by molar-refractivity contribution is 0.459. The molecule has 0 saturated heterocycles. The summed E-state index contributed by atoms with van der Waals surface area (Å²) in [7, 11) is -3.79. The van der Waals surface area contributed by atoms with E-state index in [0.717, 1.165) is 10.0 Å². The molecule has 4 nitrogen and oxygen atoms in total. The fraction of sp³-hybridized carbons (Fsp3) is 0.0769. The van der Waals surface area contributed by atoms with Crippen LogP contribution in [0.3, 0.4) is 0 Å². The molecule has 2 N–H and O–H groups in total. The number of phenolic OH excluding ortho intramolecular Hbond substituents is 1. The normalized spacial score (nSPS) is 11.3. The van der Waals surface area contributed by atoms with Gasteiger partial charge in [-0.1, -0.05) is 28.1 Å². The highest BCUT2D eigenvalue weighted by Gasteiger charge is 2.18. The fourth-order valence-electron chi connectivity index (χ4n) is 1.63. The Bertz CT molecular complexity index is 714. The number of halogens is 1. The minimum atomic E-state index is -3.79. The lowest BCUT2D eigenvalue weighted by atomic mass is 10.2. The smallest absolute Gasteiger partial charge is 0.265 e. The van der Waals surface area contributed by atoms with E-state index < -0.39 is 10.0 Å². The van der Waals surface area contributed by atoms with Crippen LogP contribution in [0.15, 0.2) is 51.8 Å². The Hall–Kier alpha value is -1.53. The number of nitrogens with one attached hydrogen (secondary N) is 1. The molecule has 6 heteroatoms. The van der Waals surface area contributed by atoms with Crippen molar-refractivity contribution in [3.63, 3.8) is 0 Å². The molecule has 2 aromatic rings. The van der Waals surface area contributed by atoms with Crippen molar-refractivity contribution in [1.29, 1.82) is 0 Å². The van der Waals surface area contributed by atoms with Crippen molar-refractivity contribution in [2.75, 3.05) is 4.72 Å². The van der Waals surface area contributed by atoms with E-state index in [2.05, 4.69) is 20.7 Å². The van der Waals surface area contributed by atoms with Gasteiger partial charge in [-0.25, -0.2) is 8.42 Å². The van der Waals surface area contributed by atoms with Crippen LogP contribution in [0.2, 0.25) is 0 Å². The van der Waals surface area contributed by atoms with E-state index >= 15 is 0 Å². The molecule has 0 saturated carbocycles. The van der Waals surface area contributed by atoms with Gasteiger partial charge in [0.2, 0.25) is 0 Å². The first-order valence-corrected chi connectivity index (χ1v) is 7.75. The maximum Gasteiger partial charge on any atom is 0.265 e. The van der Waals surface area contributed by atoms with Gasteiger partial charge in [-0.3, -0.25) is 4.72 Å². The van der Waals surface area contributed by atoms with Gasteiger partial charge in [0, 0.05) is 4.47 Å². The number of phenols is 1. The number of para-hydroxylation sites is 1. The number of anilines is 1. The Morgan fingerprint density at radius 2 is 1.84 bits per heavy atom. The molecule has 0 aliphatic rings. The molecule has 0 bridgehead atoms. The molecule has 0 fully saturated rings. The van der Waals surface area contributed by atoms with E-state index in [0.29, 0.717) is 5.69 Å². The first kappa shape index (κ1) is 13.9. The summed E-state index contributed by atoms with van der Waals surface area (Å²) in [6.07, 6.45) is 0. The van der Waals surface area contributed by atoms with Gasteiger partial charge in [-0.2, -0.15) is 0 Å². The molecule has 0 unspecified atom stereocenters. The van der Waals surface area contributed by atoms with E-state index in [1.165, 1.54) is 12.1 Å². The van der Waals surface area contributed by atoms with Crippen LogP contribution in [0, 0.1) is 6.92 Å². The Kier molecular flexibility index (Phi) is 3.82. The quantitative estimate of drug-likeness (QED) is 0.900. The number of aryl methyl sites for hydroxylation is 1. The van der Waals surface area contributed by atoms with Crippen LogP contribution in [-0.2, 0) is 10.0 Å². The average Bonchev–Trinajstić information content (AvgIpc) is 2.33. The Morgan fingerprint density at radius 1 is 1.16 bits per heavy atom. The van der Waals surface area contributed by atoms with Gasteiger partial charge in [-0.15, -0.1) is 0 Å². The second kappa shape index (κ2) is 5.22. The highest BCUT2D eigenvalue weighted by molar-refractivity contribution is 9.10. The molecule has 100 valence electrons. The summed E-state index contributed by atoms with van der Waals surface area (Å²) in [6.45, 7) is 1.80. The van der Waals surface area contributed by atoms with E-state index in [1.54, 1.807) is 31.2 Å². The van der Waals surface area contributed by atoms with Gasteiger partial charge < -0.3 is 5.11 Å². The Balaban J connectivity index is 2.40. The summed E-state index contributed by atoms with van der Waals surface area (Å²) >= 11 is 3.32. The largest absolute Gasteiger partial charge is 0.507 e. The molecule has 0 atom stereocenters. The third kappa shape index (κ3) is 3.08. The van der Waals surface area contributed by atoms with E-state index in [-0.39, 0.29) is 10.6 Å². The average molecular weight is 342 g/mol. The summed E-state index contributed by atoms with van der Waals surface area (Å²) in [5.41, 5.74) is 1.26. The van der Waals surface area contributed by atoms with Gasteiger partial charge in [0.05, 0.1) is 5.69 Å². The predicted octanol–water partition coefficient (Wildman–Crippen LogP) is 3.26. The summed E-state index contributed by atoms with van der Waals surface area (Å²) in [4.78, 5) is -0.141. The van der Waals surface area contributed by atoms with Crippen LogP contribution in [0.25, 0.3) is 0 Å². The maximum atomic E-state index is 12.2. The first-order valence-electron chi connectivity index (χ1n) is 5.47. The first-order chi connectivity index (χ1) is 8.90. The Labute approximate surface area is 120 Å². The van der Waals surface area contributed by atoms with Crippen LogP contribution in [0.5, 0.6) is 5.75 Å². The molecule has 0 aliphatic heterocycles. The van der Waals surface area contributed by atoms with Gasteiger partial charge in [0.25, 0.3) is 10.0 Å². The zero-order valence-electron chi connectivity index (χ0n) is 10.1. The molecule has 0 heterocycles. The van der Waals surface area contributed by atoms with Gasteiger partial charge in [0.15, 0.2) is 0 Å². The van der Waals surface area contributed by atoms with E-state index in [4.69, 9.17) is 0 Å². The molecule has 0 radical (unpaired) electrons. The lowest BCUT2D eigenvalue weighted by Crippen LogP contribution is -2.13. The number of hydrogen-bond acceptors (Lipinski definition) is 3. The van der Waals surface area contributed by atoms with E-state index in [9.17, 15) is 13.5 Å². The number of rotatable bonds is 3. The van der Waals surface area contributed by atoms with Crippen molar-refractivity contribution >= 4 is 31.6 Å². The van der Waals surface area contributed by atoms with Crippen LogP contribution >= 0.6 is 15.9 Å². The number of sulfonamides is 1. The van der Waals surface area contributed by atoms with Gasteiger partial charge in [-0.05, 0) is 42.8 Å². The van der Waals surface area contributed by atoms with Crippen molar-refractivity contribution in [2.45, 2.75) is 11.8 Å². The Morgan fingerprint density at radius 3 is 2.47 bits per heavy atom. The zero-order valence-corrected chi connectivity index (χ0v) is 12.5. The molecular weight excluding hydrogens is 330 g/mol. The monoisotopic (exact) mass is 341 g/mol. The maximum absolute atomic E-state index is 12.2. The molecular formula is C13H12BrNO3S. The number of benzene rings is 2. The van der Waals surface area contributed by atoms with Crippen molar-refractivity contribution in [3.05, 3.63) is 52.5 Å². The summed E-state index contributed by atoms with van der Waals surface area (Å²) in [6, 6.07) is 11.0. The van der Waals surface area contributed by atoms with Gasteiger partial charge in [0.1, 0.15) is 10.6 Å². The lowest BCUT2D eigenvalue weighted by Gasteiger charge is -2.11. The van der Waals surface area contributed by atoms with Crippen molar-refractivity contribution in [2.24, 2.45) is 0 Å². The standard InChI is InChI=1S/C13H12BrNO3S/c1-9-8-10(14)6-7-11(9)15-19(17,18)13-5-3-2-4-12(13)16/h2-8,15-16H,1H3. The number of hydrogen-bond donors (Lipinski definition) is 2. The molecule has 0 aliphatic carbocycles. The molecule has 2 rings (SSSR count). The minimum absolute atomic E-state index is 0.141. The molecule has 2 aromatic carbocycles. The fourth-order valence-corrected chi connectivity index (χ4v) is 3.33. The van der Waals surface area contributed by atoms with Crippen LogP contribution in [0.1, 0.15) is 5.56 Å². The third-order valence-corrected chi connectivity index (χ3v) is 4.49. The van der Waals surface area contributed by atoms with Crippen molar-refractivity contribution in [3.8, 4) is 5.75 Å². The third-order valence-electron chi connectivity index (χ3n) is 2.59. The van der Waals surface area contributed by atoms with Crippen LogP contribution < -0.4 is 4.72 Å². The predicted molar refractivity (Wildman–Crippen MR) is 77.8 cm³/mol. The topological polar surface area (TPSA) is 66.4 Å². The number of aromatic hydroxyl groups is 1. The SMILES string of the molecule is Cc1cc(Br)ccc1NS(=O)(=O)c1ccccc1O. The van der Waals surface area contributed by atoms with Crippen LogP contribution in [-0.4, -0.2) is 13.5 Å². The summed E-state index contributed by atoms with van der Waals surface area (Å²) in [5, 5.41) is 9.61. The van der Waals surface area contributed by atoms with E-state index in [1.807, 2.05) is 6.07 Å². The molecule has 0 amide bonds. The second-order valence-corrected chi connectivity index (χ2v) is 6.60. The van der Waals surface area contributed by atoms with Crippen molar-refractivity contribution in [1.82, 2.24) is 0 Å². The van der Waals surface area contributed by atoms with Crippen molar-refractivity contribution < 1.29 is 13.5 Å². The summed E-state index contributed by atoms with van der Waals surface area (Å²) in [5.74, 6) is -0.273.